The van der Waals surface area contributed by atoms with E-state index in [9.17, 15) is 14.4 Å². The van der Waals surface area contributed by atoms with Crippen molar-refractivity contribution in [2.75, 3.05) is 0 Å². The summed E-state index contributed by atoms with van der Waals surface area (Å²) in [5, 5.41) is 27.3. The normalized spacial score (nSPS) is 29.3. The second kappa shape index (κ2) is 4.72. The third kappa shape index (κ3) is 2.05. The molecule has 1 fully saturated rings. The van der Waals surface area contributed by atoms with E-state index in [4.69, 9.17) is 15.3 Å². The maximum absolute atomic E-state index is 11.2. The molecule has 1 aromatic rings. The number of carbonyl (C=O) groups is 3. The van der Waals surface area contributed by atoms with Crippen molar-refractivity contribution in [1.29, 1.82) is 0 Å². The highest BCUT2D eigenvalue weighted by Crippen LogP contribution is 2.52. The third-order valence-corrected chi connectivity index (χ3v) is 3.59. The standard InChI is InChI=1S/C13H12O6/c14-11(15)8-7(6-4-2-1-3-5-6)9(12(16)17)10(8)13(18)19/h1-5,7-10H,(H,14,15)(H,16,17)(H,18,19). The molecular weight excluding hydrogens is 252 g/mol. The fourth-order valence-electron chi connectivity index (χ4n) is 2.76. The number of aliphatic carboxylic acids is 3. The van der Waals surface area contributed by atoms with Crippen molar-refractivity contribution in [3.63, 3.8) is 0 Å². The topological polar surface area (TPSA) is 112 Å². The van der Waals surface area contributed by atoms with E-state index < -0.39 is 41.6 Å². The Hall–Kier alpha value is -2.37. The molecule has 2 unspecified atom stereocenters. The number of hydrogen-bond acceptors (Lipinski definition) is 3. The van der Waals surface area contributed by atoms with Crippen LogP contribution in [0.25, 0.3) is 0 Å². The summed E-state index contributed by atoms with van der Waals surface area (Å²) in [6, 6.07) is 8.30. The minimum Gasteiger partial charge on any atom is -0.481 e. The predicted molar refractivity (Wildman–Crippen MR) is 62.6 cm³/mol. The van der Waals surface area contributed by atoms with Gasteiger partial charge < -0.3 is 15.3 Å². The van der Waals surface area contributed by atoms with Crippen LogP contribution in [-0.4, -0.2) is 33.2 Å². The van der Waals surface area contributed by atoms with Crippen molar-refractivity contribution in [2.24, 2.45) is 17.8 Å². The monoisotopic (exact) mass is 264 g/mol. The van der Waals surface area contributed by atoms with Gasteiger partial charge in [-0.1, -0.05) is 30.3 Å². The maximum atomic E-state index is 11.2. The van der Waals surface area contributed by atoms with Crippen LogP contribution in [0.2, 0.25) is 0 Å². The van der Waals surface area contributed by atoms with Crippen LogP contribution in [0.4, 0.5) is 0 Å². The van der Waals surface area contributed by atoms with Gasteiger partial charge in [0.25, 0.3) is 0 Å². The predicted octanol–water partition coefficient (Wildman–Crippen LogP) is 0.886. The summed E-state index contributed by atoms with van der Waals surface area (Å²) in [5.74, 6) is -8.55. The van der Waals surface area contributed by atoms with Crippen LogP contribution in [0.5, 0.6) is 0 Å². The Morgan fingerprint density at radius 1 is 0.737 bits per heavy atom. The van der Waals surface area contributed by atoms with E-state index in [0.717, 1.165) is 0 Å². The van der Waals surface area contributed by atoms with E-state index in [1.807, 2.05) is 0 Å². The summed E-state index contributed by atoms with van der Waals surface area (Å²) in [5.41, 5.74) is 0.541. The Bertz CT molecular complexity index is 501. The lowest BCUT2D eigenvalue weighted by atomic mass is 9.54. The fourth-order valence-corrected chi connectivity index (χ4v) is 2.76. The smallest absolute Gasteiger partial charge is 0.308 e. The van der Waals surface area contributed by atoms with Crippen molar-refractivity contribution in [2.45, 2.75) is 5.92 Å². The average molecular weight is 264 g/mol. The SMILES string of the molecule is O=C(O)C1C(C(=O)O)C(c2ccccc2)C1C(=O)O. The van der Waals surface area contributed by atoms with Gasteiger partial charge in [-0.2, -0.15) is 0 Å². The van der Waals surface area contributed by atoms with Crippen LogP contribution in [-0.2, 0) is 14.4 Å². The molecule has 0 saturated heterocycles. The molecule has 3 N–H and O–H groups in total. The van der Waals surface area contributed by atoms with Gasteiger partial charge in [0.1, 0.15) is 0 Å². The van der Waals surface area contributed by atoms with Crippen LogP contribution < -0.4 is 0 Å². The summed E-state index contributed by atoms with van der Waals surface area (Å²) in [6.07, 6.45) is 0. The summed E-state index contributed by atoms with van der Waals surface area (Å²) in [4.78, 5) is 33.4. The summed E-state index contributed by atoms with van der Waals surface area (Å²) < 4.78 is 0. The van der Waals surface area contributed by atoms with Crippen molar-refractivity contribution < 1.29 is 29.7 Å². The van der Waals surface area contributed by atoms with Crippen molar-refractivity contribution in [1.82, 2.24) is 0 Å². The number of rotatable bonds is 4. The first-order valence-electron chi connectivity index (χ1n) is 5.68. The number of carboxylic acid groups (broad SMARTS) is 3. The first-order chi connectivity index (χ1) is 8.95. The van der Waals surface area contributed by atoms with Crippen LogP contribution in [0, 0.1) is 17.8 Å². The molecule has 1 aliphatic carbocycles. The van der Waals surface area contributed by atoms with Gasteiger partial charge in [-0.25, -0.2) is 0 Å². The Balaban J connectivity index is 2.42. The van der Waals surface area contributed by atoms with Gasteiger partial charge >= 0.3 is 17.9 Å². The lowest BCUT2D eigenvalue weighted by Crippen LogP contribution is -2.55. The molecule has 0 heterocycles. The Labute approximate surface area is 108 Å². The molecule has 1 aliphatic rings. The van der Waals surface area contributed by atoms with Gasteiger partial charge in [0.2, 0.25) is 0 Å². The molecule has 0 radical (unpaired) electrons. The summed E-state index contributed by atoms with van der Waals surface area (Å²) in [7, 11) is 0. The highest BCUT2D eigenvalue weighted by Gasteiger charge is 2.61. The molecule has 6 nitrogen and oxygen atoms in total. The Kier molecular flexibility index (Phi) is 3.25. The van der Waals surface area contributed by atoms with Gasteiger partial charge in [0.05, 0.1) is 17.8 Å². The minimum absolute atomic E-state index is 0.541. The zero-order valence-electron chi connectivity index (χ0n) is 9.76. The molecule has 2 atom stereocenters. The molecule has 0 bridgehead atoms. The first kappa shape index (κ1) is 13.1. The van der Waals surface area contributed by atoms with E-state index in [0.29, 0.717) is 5.56 Å². The van der Waals surface area contributed by atoms with Gasteiger partial charge in [-0.15, -0.1) is 0 Å². The molecule has 1 aromatic carbocycles. The second-order valence-electron chi connectivity index (χ2n) is 4.53. The Morgan fingerprint density at radius 3 is 1.53 bits per heavy atom. The minimum atomic E-state index is -1.39. The summed E-state index contributed by atoms with van der Waals surface area (Å²) >= 11 is 0. The van der Waals surface area contributed by atoms with Gasteiger partial charge in [0.15, 0.2) is 0 Å². The quantitative estimate of drug-likeness (QED) is 0.744. The zero-order valence-corrected chi connectivity index (χ0v) is 9.76. The summed E-state index contributed by atoms with van der Waals surface area (Å²) in [6.45, 7) is 0. The number of hydrogen-bond donors (Lipinski definition) is 3. The fraction of sp³-hybridized carbons (Fsp3) is 0.308. The van der Waals surface area contributed by atoms with Crippen molar-refractivity contribution >= 4 is 17.9 Å². The number of benzene rings is 1. The molecule has 1 saturated carbocycles. The molecule has 2 rings (SSSR count). The molecule has 6 heteroatoms. The van der Waals surface area contributed by atoms with Crippen LogP contribution in [0.1, 0.15) is 11.5 Å². The molecule has 19 heavy (non-hydrogen) atoms. The molecule has 0 aliphatic heterocycles. The highest BCUT2D eigenvalue weighted by atomic mass is 16.4. The van der Waals surface area contributed by atoms with Gasteiger partial charge in [-0.05, 0) is 5.56 Å². The largest absolute Gasteiger partial charge is 0.481 e. The molecular formula is C13H12O6. The number of carboxylic acids is 3. The van der Waals surface area contributed by atoms with Gasteiger partial charge in [-0.3, -0.25) is 14.4 Å². The lowest BCUT2D eigenvalue weighted by molar-refractivity contribution is -0.177. The van der Waals surface area contributed by atoms with Crippen molar-refractivity contribution in [3.05, 3.63) is 35.9 Å². The highest BCUT2D eigenvalue weighted by molar-refractivity contribution is 5.90. The van der Waals surface area contributed by atoms with Crippen LogP contribution >= 0.6 is 0 Å². The first-order valence-corrected chi connectivity index (χ1v) is 5.68. The Morgan fingerprint density at radius 2 is 1.16 bits per heavy atom. The van der Waals surface area contributed by atoms with Crippen molar-refractivity contribution in [3.8, 4) is 0 Å². The van der Waals surface area contributed by atoms with E-state index in [1.54, 1.807) is 30.3 Å². The molecule has 0 spiro atoms. The van der Waals surface area contributed by atoms with E-state index >= 15 is 0 Å². The third-order valence-electron chi connectivity index (χ3n) is 3.59. The van der Waals surface area contributed by atoms with E-state index in [1.165, 1.54) is 0 Å². The van der Waals surface area contributed by atoms with E-state index in [-0.39, 0.29) is 0 Å². The van der Waals surface area contributed by atoms with Gasteiger partial charge in [0, 0.05) is 5.92 Å². The molecule has 0 aromatic heterocycles. The average Bonchev–Trinajstić information content (AvgIpc) is 2.27. The second-order valence-corrected chi connectivity index (χ2v) is 4.53. The molecule has 0 amide bonds. The maximum Gasteiger partial charge on any atom is 0.308 e. The van der Waals surface area contributed by atoms with E-state index in [2.05, 4.69) is 0 Å². The lowest BCUT2D eigenvalue weighted by Gasteiger charge is -2.45. The zero-order chi connectivity index (χ0) is 14.2. The van der Waals surface area contributed by atoms with Crippen LogP contribution in [0.3, 0.4) is 0 Å². The molecule has 100 valence electrons. The van der Waals surface area contributed by atoms with Crippen LogP contribution in [0.15, 0.2) is 30.3 Å².